The zero-order valence-corrected chi connectivity index (χ0v) is 16.7. The molecule has 3 rings (SSSR count). The van der Waals surface area contributed by atoms with E-state index in [9.17, 15) is 9.59 Å². The highest BCUT2D eigenvalue weighted by Gasteiger charge is 2.35. The van der Waals surface area contributed by atoms with Crippen LogP contribution in [0.1, 0.15) is 23.9 Å². The van der Waals surface area contributed by atoms with Gasteiger partial charge in [0.2, 0.25) is 0 Å². The molecule has 2 aromatic rings. The van der Waals surface area contributed by atoms with Crippen molar-refractivity contribution in [3.05, 3.63) is 69.1 Å². The number of aromatic nitrogens is 1. The minimum Gasteiger partial charge on any atom is -0.465 e. The Morgan fingerprint density at radius 3 is 2.37 bits per heavy atom. The molecule has 140 valence electrons. The summed E-state index contributed by atoms with van der Waals surface area (Å²) in [5, 5.41) is 0.673. The Hall–Kier alpha value is -2.79. The second kappa shape index (κ2) is 7.08. The smallest absolute Gasteiger partial charge is 0.340 e. The van der Waals surface area contributed by atoms with E-state index in [1.54, 1.807) is 20.0 Å². The number of rotatable bonds is 3. The number of carbonyl (C=O) groups is 2. The first-order chi connectivity index (χ1) is 12.8. The molecule has 0 unspecified atom stereocenters. The van der Waals surface area contributed by atoms with Gasteiger partial charge in [-0.3, -0.25) is 4.79 Å². The lowest BCUT2D eigenvalue weighted by molar-refractivity contribution is -0.136. The second-order valence-corrected chi connectivity index (χ2v) is 6.95. The summed E-state index contributed by atoms with van der Waals surface area (Å²) in [5.41, 5.74) is 5.07. The number of allylic oxidation sites excluding steroid dienone is 1. The number of ether oxygens (including phenoxy) is 1. The molecule has 2 heterocycles. The molecule has 1 aliphatic heterocycles. The summed E-state index contributed by atoms with van der Waals surface area (Å²) < 4.78 is 6.96. The van der Waals surface area contributed by atoms with Crippen LogP contribution in [0, 0.1) is 13.8 Å². The van der Waals surface area contributed by atoms with Crippen LogP contribution in [0.3, 0.4) is 0 Å². The average Bonchev–Trinajstić information content (AvgIpc) is 3.04. The lowest BCUT2D eigenvalue weighted by Gasteiger charge is -2.10. The van der Waals surface area contributed by atoms with Crippen molar-refractivity contribution in [2.24, 2.45) is 0 Å². The van der Waals surface area contributed by atoms with Gasteiger partial charge in [-0.15, -0.1) is 0 Å². The van der Waals surface area contributed by atoms with Crippen LogP contribution in [0.15, 0.2) is 47.2 Å². The Morgan fingerprint density at radius 1 is 1.15 bits per heavy atom. The van der Waals surface area contributed by atoms with Crippen LogP contribution >= 0.6 is 11.6 Å². The van der Waals surface area contributed by atoms with E-state index in [1.165, 1.54) is 12.0 Å². The number of carbonyl (C=O) groups excluding carboxylic acids is 2. The molecule has 1 aromatic heterocycles. The second-order valence-electron chi connectivity index (χ2n) is 6.51. The summed E-state index contributed by atoms with van der Waals surface area (Å²) >= 11 is 5.99. The predicted molar refractivity (Wildman–Crippen MR) is 106 cm³/mol. The summed E-state index contributed by atoms with van der Waals surface area (Å²) in [7, 11) is 2.97. The first-order valence-electron chi connectivity index (χ1n) is 8.50. The number of halogens is 1. The molecule has 6 heteroatoms. The number of aryl methyl sites for hydroxylation is 1. The van der Waals surface area contributed by atoms with E-state index in [0.717, 1.165) is 22.6 Å². The third-order valence-corrected chi connectivity index (χ3v) is 5.17. The molecule has 0 fully saturated rings. The van der Waals surface area contributed by atoms with Gasteiger partial charge in [-0.25, -0.2) is 4.79 Å². The molecule has 27 heavy (non-hydrogen) atoms. The lowest BCUT2D eigenvalue weighted by Crippen LogP contribution is -2.19. The molecule has 0 radical (unpaired) electrons. The highest BCUT2D eigenvalue weighted by molar-refractivity contribution is 6.30. The quantitative estimate of drug-likeness (QED) is 0.592. The van der Waals surface area contributed by atoms with Crippen LogP contribution < -0.4 is 0 Å². The molecule has 0 saturated heterocycles. The van der Waals surface area contributed by atoms with E-state index in [1.807, 2.05) is 44.2 Å². The van der Waals surface area contributed by atoms with Crippen LogP contribution in [0.2, 0.25) is 5.02 Å². The van der Waals surface area contributed by atoms with Gasteiger partial charge in [-0.05, 0) is 62.7 Å². The van der Waals surface area contributed by atoms with Crippen molar-refractivity contribution in [2.75, 3.05) is 14.2 Å². The van der Waals surface area contributed by atoms with Gasteiger partial charge in [0.25, 0.3) is 5.91 Å². The van der Waals surface area contributed by atoms with Gasteiger partial charge in [0.05, 0.1) is 18.3 Å². The van der Waals surface area contributed by atoms with Gasteiger partial charge < -0.3 is 14.2 Å². The van der Waals surface area contributed by atoms with Crippen LogP contribution in [-0.4, -0.2) is 35.5 Å². The zero-order chi connectivity index (χ0) is 19.9. The first-order valence-corrected chi connectivity index (χ1v) is 8.88. The topological polar surface area (TPSA) is 51.5 Å². The Kier molecular flexibility index (Phi) is 4.98. The van der Waals surface area contributed by atoms with Gasteiger partial charge in [-0.1, -0.05) is 11.6 Å². The number of amides is 1. The molecule has 1 amide bonds. The summed E-state index contributed by atoms with van der Waals surface area (Å²) in [6.45, 7) is 5.71. The minimum atomic E-state index is -0.511. The highest BCUT2D eigenvalue weighted by atomic mass is 35.5. The zero-order valence-electron chi connectivity index (χ0n) is 16.0. The molecule has 0 saturated carbocycles. The van der Waals surface area contributed by atoms with Crippen LogP contribution in [-0.2, 0) is 14.3 Å². The van der Waals surface area contributed by atoms with E-state index >= 15 is 0 Å². The van der Waals surface area contributed by atoms with Crippen molar-refractivity contribution in [3.63, 3.8) is 0 Å². The van der Waals surface area contributed by atoms with Gasteiger partial charge in [0, 0.05) is 34.8 Å². The average molecular weight is 385 g/mol. The standard InChI is InChI=1S/C21H21ClN2O3/c1-12-10-15(13(2)24(12)17-8-6-16(22)7-9-17)11-18-19(21(26)27-5)14(3)23(4)20(18)25/h6-11H,1-5H3/b18-11-. The largest absolute Gasteiger partial charge is 0.465 e. The Bertz CT molecular complexity index is 997. The summed E-state index contributed by atoms with van der Waals surface area (Å²) in [4.78, 5) is 26.3. The summed E-state index contributed by atoms with van der Waals surface area (Å²) in [6.07, 6.45) is 1.76. The van der Waals surface area contributed by atoms with Crippen molar-refractivity contribution in [1.29, 1.82) is 0 Å². The van der Waals surface area contributed by atoms with Crippen molar-refractivity contribution in [3.8, 4) is 5.69 Å². The van der Waals surface area contributed by atoms with E-state index in [4.69, 9.17) is 16.3 Å². The number of esters is 1. The van der Waals surface area contributed by atoms with Gasteiger partial charge in [-0.2, -0.15) is 0 Å². The molecule has 0 spiro atoms. The van der Waals surface area contributed by atoms with Crippen LogP contribution in [0.25, 0.3) is 11.8 Å². The molecule has 0 N–H and O–H groups in total. The molecule has 1 aromatic carbocycles. The number of nitrogens with zero attached hydrogens (tertiary/aromatic N) is 2. The normalized spacial score (nSPS) is 15.9. The SMILES string of the molecule is COC(=O)C1=C(C)N(C)C(=O)/C1=C\c1cc(C)n(-c2ccc(Cl)cc2)c1C. The molecule has 0 bridgehead atoms. The molecule has 0 atom stereocenters. The maximum atomic E-state index is 12.6. The van der Waals surface area contributed by atoms with Gasteiger partial charge in [0.1, 0.15) is 0 Å². The molecular formula is C21H21ClN2O3. The Morgan fingerprint density at radius 2 is 1.78 bits per heavy atom. The fraction of sp³-hybridized carbons (Fsp3) is 0.238. The van der Waals surface area contributed by atoms with Crippen LogP contribution in [0.4, 0.5) is 0 Å². The number of benzene rings is 1. The Balaban J connectivity index is 2.12. The summed E-state index contributed by atoms with van der Waals surface area (Å²) in [6, 6.07) is 9.55. The molecule has 1 aliphatic rings. The fourth-order valence-corrected chi connectivity index (χ4v) is 3.50. The predicted octanol–water partition coefficient (Wildman–Crippen LogP) is 4.05. The first kappa shape index (κ1) is 19.0. The van der Waals surface area contributed by atoms with Gasteiger partial charge in [0.15, 0.2) is 0 Å². The number of hydrogen-bond donors (Lipinski definition) is 0. The third-order valence-electron chi connectivity index (χ3n) is 4.91. The van der Waals surface area contributed by atoms with E-state index in [2.05, 4.69) is 4.57 Å². The molecule has 0 aliphatic carbocycles. The van der Waals surface area contributed by atoms with Crippen LogP contribution in [0.5, 0.6) is 0 Å². The van der Waals surface area contributed by atoms with Crippen molar-refractivity contribution >= 4 is 29.6 Å². The number of likely N-dealkylation sites (N-methyl/N-ethyl adjacent to an activating group) is 1. The monoisotopic (exact) mass is 384 g/mol. The lowest BCUT2D eigenvalue weighted by atomic mass is 10.0. The van der Waals surface area contributed by atoms with E-state index in [-0.39, 0.29) is 5.91 Å². The molecule has 5 nitrogen and oxygen atoms in total. The number of methoxy groups -OCH3 is 1. The Labute approximate surface area is 163 Å². The maximum absolute atomic E-state index is 12.6. The van der Waals surface area contributed by atoms with E-state index in [0.29, 0.717) is 21.9 Å². The fourth-order valence-electron chi connectivity index (χ4n) is 3.37. The maximum Gasteiger partial charge on any atom is 0.340 e. The minimum absolute atomic E-state index is 0.218. The van der Waals surface area contributed by atoms with Gasteiger partial charge >= 0.3 is 5.97 Å². The summed E-state index contributed by atoms with van der Waals surface area (Å²) in [5.74, 6) is -0.729. The molecular weight excluding hydrogens is 364 g/mol. The van der Waals surface area contributed by atoms with Crippen molar-refractivity contribution < 1.29 is 14.3 Å². The van der Waals surface area contributed by atoms with Crippen molar-refractivity contribution in [1.82, 2.24) is 9.47 Å². The van der Waals surface area contributed by atoms with E-state index < -0.39 is 5.97 Å². The van der Waals surface area contributed by atoms with Crippen molar-refractivity contribution in [2.45, 2.75) is 20.8 Å². The third kappa shape index (κ3) is 3.19. The number of hydrogen-bond acceptors (Lipinski definition) is 3. The highest BCUT2D eigenvalue weighted by Crippen LogP contribution is 2.32.